The molecule has 0 aliphatic carbocycles. The van der Waals surface area contributed by atoms with Gasteiger partial charge < -0.3 is 0 Å². The number of thiol groups is 1. The highest BCUT2D eigenvalue weighted by atomic mass is 32.1. The Hall–Kier alpha value is -0.830. The summed E-state index contributed by atoms with van der Waals surface area (Å²) < 4.78 is 13.1. The Labute approximate surface area is 76.7 Å². The first-order chi connectivity index (χ1) is 5.66. The van der Waals surface area contributed by atoms with Crippen molar-refractivity contribution in [3.8, 4) is 0 Å². The van der Waals surface area contributed by atoms with E-state index in [0.29, 0.717) is 10.5 Å². The number of halogens is 1. The second kappa shape index (κ2) is 3.72. The van der Waals surface area contributed by atoms with Gasteiger partial charge in [0.05, 0.1) is 6.20 Å². The molecule has 0 aliphatic heterocycles. The summed E-state index contributed by atoms with van der Waals surface area (Å²) >= 11 is 4.12. The summed E-state index contributed by atoms with van der Waals surface area (Å²) in [4.78, 5) is 4.26. The number of rotatable bonds is 1. The van der Waals surface area contributed by atoms with Gasteiger partial charge in [0.1, 0.15) is 5.82 Å². The van der Waals surface area contributed by atoms with Crippen LogP contribution in [0.3, 0.4) is 0 Å². The fourth-order valence-electron chi connectivity index (χ4n) is 0.959. The SMILES string of the molecule is C/C=C(\C)c1c(F)cncc1S. The predicted octanol–water partition coefficient (Wildman–Crippen LogP) is 2.93. The van der Waals surface area contributed by atoms with Gasteiger partial charge in [-0.15, -0.1) is 12.6 Å². The van der Waals surface area contributed by atoms with Gasteiger partial charge in [-0.3, -0.25) is 4.98 Å². The van der Waals surface area contributed by atoms with Crippen LogP contribution in [0, 0.1) is 5.82 Å². The zero-order valence-corrected chi connectivity index (χ0v) is 7.90. The van der Waals surface area contributed by atoms with Gasteiger partial charge in [0.15, 0.2) is 0 Å². The van der Waals surface area contributed by atoms with Crippen LogP contribution >= 0.6 is 12.6 Å². The second-order valence-corrected chi connectivity index (χ2v) is 2.97. The third-order valence-corrected chi connectivity index (χ3v) is 2.05. The molecule has 0 amide bonds. The van der Waals surface area contributed by atoms with E-state index in [1.807, 2.05) is 19.9 Å². The standard InChI is InChI=1S/C9H10FNS/c1-3-6(2)9-7(10)4-11-5-8(9)12/h3-5,12H,1-2H3/b6-3+. The number of aromatic nitrogens is 1. The molecular formula is C9H10FNS. The summed E-state index contributed by atoms with van der Waals surface area (Å²) in [5, 5.41) is 0. The Morgan fingerprint density at radius 3 is 2.75 bits per heavy atom. The van der Waals surface area contributed by atoms with Crippen LogP contribution in [0.2, 0.25) is 0 Å². The van der Waals surface area contributed by atoms with E-state index in [-0.39, 0.29) is 5.82 Å². The van der Waals surface area contributed by atoms with Crippen LogP contribution in [0.5, 0.6) is 0 Å². The summed E-state index contributed by atoms with van der Waals surface area (Å²) in [6, 6.07) is 0. The van der Waals surface area contributed by atoms with E-state index in [0.717, 1.165) is 5.57 Å². The van der Waals surface area contributed by atoms with E-state index in [1.54, 1.807) is 0 Å². The van der Waals surface area contributed by atoms with Crippen LogP contribution in [0.15, 0.2) is 23.4 Å². The van der Waals surface area contributed by atoms with E-state index in [1.165, 1.54) is 12.4 Å². The lowest BCUT2D eigenvalue weighted by Gasteiger charge is -2.04. The molecule has 0 bridgehead atoms. The summed E-state index contributed by atoms with van der Waals surface area (Å²) in [5.74, 6) is -0.321. The van der Waals surface area contributed by atoms with Crippen molar-refractivity contribution >= 4 is 18.2 Å². The fraction of sp³-hybridized carbons (Fsp3) is 0.222. The van der Waals surface area contributed by atoms with Crippen LogP contribution in [0.1, 0.15) is 19.4 Å². The Morgan fingerprint density at radius 2 is 2.25 bits per heavy atom. The normalized spacial score (nSPS) is 11.8. The van der Waals surface area contributed by atoms with E-state index >= 15 is 0 Å². The first-order valence-electron chi connectivity index (χ1n) is 3.62. The molecular weight excluding hydrogens is 173 g/mol. The lowest BCUT2D eigenvalue weighted by Crippen LogP contribution is -1.90. The maximum absolute atomic E-state index is 13.1. The maximum Gasteiger partial charge on any atom is 0.150 e. The summed E-state index contributed by atoms with van der Waals surface area (Å²) in [7, 11) is 0. The third kappa shape index (κ3) is 1.67. The molecule has 1 aromatic rings. The largest absolute Gasteiger partial charge is 0.260 e. The maximum atomic E-state index is 13.1. The molecule has 1 rings (SSSR count). The molecule has 0 radical (unpaired) electrons. The minimum absolute atomic E-state index is 0.321. The molecule has 64 valence electrons. The number of hydrogen-bond acceptors (Lipinski definition) is 2. The van der Waals surface area contributed by atoms with Crippen molar-refractivity contribution in [2.75, 3.05) is 0 Å². The molecule has 0 saturated carbocycles. The number of pyridine rings is 1. The highest BCUT2D eigenvalue weighted by molar-refractivity contribution is 7.80. The van der Waals surface area contributed by atoms with Crippen LogP contribution < -0.4 is 0 Å². The molecule has 0 spiro atoms. The van der Waals surface area contributed by atoms with Gasteiger partial charge in [-0.2, -0.15) is 0 Å². The molecule has 12 heavy (non-hydrogen) atoms. The molecule has 0 aromatic carbocycles. The number of allylic oxidation sites excluding steroid dienone is 2. The van der Waals surface area contributed by atoms with Gasteiger partial charge in [-0.05, 0) is 19.4 Å². The van der Waals surface area contributed by atoms with Crippen LogP contribution in [-0.4, -0.2) is 4.98 Å². The molecule has 3 heteroatoms. The van der Waals surface area contributed by atoms with Gasteiger partial charge in [0, 0.05) is 16.7 Å². The molecule has 0 unspecified atom stereocenters. The van der Waals surface area contributed by atoms with E-state index in [9.17, 15) is 4.39 Å². The zero-order chi connectivity index (χ0) is 9.14. The molecule has 0 N–H and O–H groups in total. The van der Waals surface area contributed by atoms with Crippen molar-refractivity contribution in [2.45, 2.75) is 18.7 Å². The summed E-state index contributed by atoms with van der Waals surface area (Å²) in [6.45, 7) is 3.71. The molecule has 0 saturated heterocycles. The predicted molar refractivity (Wildman–Crippen MR) is 50.8 cm³/mol. The van der Waals surface area contributed by atoms with Crippen LogP contribution in [0.4, 0.5) is 4.39 Å². The summed E-state index contributed by atoms with van der Waals surface area (Å²) in [6.07, 6.45) is 4.58. The Morgan fingerprint density at radius 1 is 1.58 bits per heavy atom. The second-order valence-electron chi connectivity index (χ2n) is 2.49. The Kier molecular flexibility index (Phi) is 2.87. The van der Waals surface area contributed by atoms with Crippen LogP contribution in [-0.2, 0) is 0 Å². The molecule has 1 nitrogen and oxygen atoms in total. The average molecular weight is 183 g/mol. The summed E-state index contributed by atoms with van der Waals surface area (Å²) in [5.41, 5.74) is 1.41. The molecule has 1 heterocycles. The molecule has 0 fully saturated rings. The monoisotopic (exact) mass is 183 g/mol. The minimum Gasteiger partial charge on any atom is -0.260 e. The quantitative estimate of drug-likeness (QED) is 0.660. The topological polar surface area (TPSA) is 12.9 Å². The first kappa shape index (κ1) is 9.26. The molecule has 0 atom stereocenters. The first-order valence-corrected chi connectivity index (χ1v) is 4.07. The van der Waals surface area contributed by atoms with E-state index < -0.39 is 0 Å². The van der Waals surface area contributed by atoms with E-state index in [4.69, 9.17) is 0 Å². The highest BCUT2D eigenvalue weighted by Crippen LogP contribution is 2.23. The van der Waals surface area contributed by atoms with Crippen molar-refractivity contribution in [3.63, 3.8) is 0 Å². The lowest BCUT2D eigenvalue weighted by molar-refractivity contribution is 0.612. The van der Waals surface area contributed by atoms with Gasteiger partial charge in [-0.25, -0.2) is 4.39 Å². The van der Waals surface area contributed by atoms with Gasteiger partial charge >= 0.3 is 0 Å². The number of hydrogen-bond donors (Lipinski definition) is 1. The average Bonchev–Trinajstić information content (AvgIpc) is 2.03. The van der Waals surface area contributed by atoms with Gasteiger partial charge in [0.25, 0.3) is 0 Å². The molecule has 1 aromatic heterocycles. The van der Waals surface area contributed by atoms with Crippen molar-refractivity contribution < 1.29 is 4.39 Å². The van der Waals surface area contributed by atoms with Crippen molar-refractivity contribution in [1.82, 2.24) is 4.98 Å². The Balaban J connectivity index is 3.31. The Bertz CT molecular complexity index is 300. The lowest BCUT2D eigenvalue weighted by atomic mass is 10.1. The van der Waals surface area contributed by atoms with Crippen molar-refractivity contribution in [1.29, 1.82) is 0 Å². The van der Waals surface area contributed by atoms with Crippen molar-refractivity contribution in [2.24, 2.45) is 0 Å². The van der Waals surface area contributed by atoms with Gasteiger partial charge in [-0.1, -0.05) is 6.08 Å². The van der Waals surface area contributed by atoms with Crippen molar-refractivity contribution in [3.05, 3.63) is 29.9 Å². The van der Waals surface area contributed by atoms with Crippen LogP contribution in [0.25, 0.3) is 5.57 Å². The smallest absolute Gasteiger partial charge is 0.150 e. The minimum atomic E-state index is -0.321. The molecule has 0 aliphatic rings. The van der Waals surface area contributed by atoms with E-state index in [2.05, 4.69) is 17.6 Å². The number of nitrogens with zero attached hydrogens (tertiary/aromatic N) is 1. The van der Waals surface area contributed by atoms with Gasteiger partial charge in [0.2, 0.25) is 0 Å². The fourth-order valence-corrected chi connectivity index (χ4v) is 1.31. The highest BCUT2D eigenvalue weighted by Gasteiger charge is 2.06. The third-order valence-electron chi connectivity index (χ3n) is 1.71. The zero-order valence-electron chi connectivity index (χ0n) is 7.00.